The third-order valence-corrected chi connectivity index (χ3v) is 10.9. The van der Waals surface area contributed by atoms with Crippen LogP contribution in [-0.2, 0) is 32.7 Å². The number of phosphoric ester groups is 1. The van der Waals surface area contributed by atoms with Crippen molar-refractivity contribution in [3.63, 3.8) is 0 Å². The van der Waals surface area contributed by atoms with Gasteiger partial charge in [-0.25, -0.2) is 4.57 Å². The summed E-state index contributed by atoms with van der Waals surface area (Å²) in [4.78, 5) is 35.3. The Hall–Kier alpha value is -0.990. The summed E-state index contributed by atoms with van der Waals surface area (Å²) >= 11 is 0. The summed E-state index contributed by atoms with van der Waals surface area (Å²) < 4.78 is 34.3. The van der Waals surface area contributed by atoms with Crippen LogP contribution in [0.4, 0.5) is 0 Å². The predicted octanol–water partition coefficient (Wildman–Crippen LogP) is 12.4. The molecule has 2 atom stereocenters. The van der Waals surface area contributed by atoms with Crippen molar-refractivity contribution in [1.82, 2.24) is 0 Å². The molecule has 0 heterocycles. The van der Waals surface area contributed by atoms with Gasteiger partial charge in [-0.3, -0.25) is 18.6 Å². The summed E-state index contributed by atoms with van der Waals surface area (Å²) in [6.45, 7) is 4.45. The summed E-state index contributed by atoms with van der Waals surface area (Å²) in [6.07, 6.45) is 35.7. The molecule has 0 saturated carbocycles. The highest BCUT2D eigenvalue weighted by Gasteiger charge is 2.27. The van der Waals surface area contributed by atoms with Gasteiger partial charge in [-0.05, 0) is 12.8 Å². The topological polar surface area (TPSA) is 108 Å². The van der Waals surface area contributed by atoms with Gasteiger partial charge in [0.2, 0.25) is 0 Å². The molecule has 0 aromatic heterocycles. The lowest BCUT2D eigenvalue weighted by atomic mass is 10.0. The molecule has 0 saturated heterocycles. The van der Waals surface area contributed by atoms with Crippen molar-refractivity contribution in [1.29, 1.82) is 0 Å². The lowest BCUT2D eigenvalue weighted by Gasteiger charge is -2.24. The van der Waals surface area contributed by atoms with Gasteiger partial charge in [0.05, 0.1) is 27.7 Å². The van der Waals surface area contributed by atoms with Gasteiger partial charge in [0.25, 0.3) is 0 Å². The number of nitrogens with zero attached hydrogens (tertiary/aromatic N) is 1. The first-order valence-corrected chi connectivity index (χ1v) is 23.8. The van der Waals surface area contributed by atoms with Crippen LogP contribution in [0.2, 0.25) is 0 Å². The van der Waals surface area contributed by atoms with E-state index in [2.05, 4.69) is 13.8 Å². The Kier molecular flexibility index (Phi) is 36.0. The molecule has 0 amide bonds. The molecule has 1 unspecified atom stereocenters. The average molecular weight is 777 g/mol. The maximum Gasteiger partial charge on any atom is 0.472 e. The second-order valence-corrected chi connectivity index (χ2v) is 17.9. The SMILES string of the molecule is CCCCCCCCCCCCCCCCCCC(=O)OC[C@H](COP(=O)(O)OCC[N+](C)(C)C)OC(=O)CCCCCCCCCCCCCCC. The van der Waals surface area contributed by atoms with Gasteiger partial charge >= 0.3 is 19.8 Å². The molecule has 0 aliphatic heterocycles. The number of rotatable bonds is 41. The second kappa shape index (κ2) is 36.6. The van der Waals surface area contributed by atoms with Crippen LogP contribution in [0.5, 0.6) is 0 Å². The van der Waals surface area contributed by atoms with E-state index in [1.165, 1.54) is 148 Å². The number of unbranched alkanes of at least 4 members (excludes halogenated alkanes) is 27. The maximum absolute atomic E-state index is 12.7. The maximum atomic E-state index is 12.7. The third-order valence-electron chi connectivity index (χ3n) is 9.89. The average Bonchev–Trinajstić information content (AvgIpc) is 3.10. The summed E-state index contributed by atoms with van der Waals surface area (Å²) in [6, 6.07) is 0. The van der Waals surface area contributed by atoms with Crippen LogP contribution >= 0.6 is 7.82 Å². The van der Waals surface area contributed by atoms with Crippen LogP contribution in [0.25, 0.3) is 0 Å². The molecule has 316 valence electrons. The number of hydrogen-bond donors (Lipinski definition) is 1. The molecule has 0 aromatic rings. The quantitative estimate of drug-likeness (QED) is 0.0283. The molecule has 0 bridgehead atoms. The van der Waals surface area contributed by atoms with Gasteiger partial charge in [-0.1, -0.05) is 187 Å². The molecule has 53 heavy (non-hydrogen) atoms. The molecule has 1 N–H and O–H groups in total. The molecule has 0 radical (unpaired) electrons. The van der Waals surface area contributed by atoms with E-state index in [9.17, 15) is 19.0 Å². The van der Waals surface area contributed by atoms with Gasteiger partial charge in [-0.15, -0.1) is 0 Å². The molecule has 9 nitrogen and oxygen atoms in total. The molecule has 0 fully saturated rings. The Bertz CT molecular complexity index is 881. The molecule has 0 aliphatic rings. The van der Waals surface area contributed by atoms with Crippen molar-refractivity contribution in [2.75, 3.05) is 47.5 Å². The molecular weight excluding hydrogens is 689 g/mol. The Morgan fingerprint density at radius 2 is 0.849 bits per heavy atom. The minimum absolute atomic E-state index is 0.0368. The zero-order valence-corrected chi connectivity index (χ0v) is 36.4. The highest BCUT2D eigenvalue weighted by atomic mass is 31.2. The first-order chi connectivity index (χ1) is 25.5. The van der Waals surface area contributed by atoms with E-state index in [1.807, 2.05) is 21.1 Å². The predicted molar refractivity (Wildman–Crippen MR) is 220 cm³/mol. The molecule has 0 aliphatic carbocycles. The van der Waals surface area contributed by atoms with Gasteiger partial charge in [0.1, 0.15) is 19.8 Å². The smallest absolute Gasteiger partial charge is 0.462 e. The third kappa shape index (κ3) is 40.5. The van der Waals surface area contributed by atoms with Crippen molar-refractivity contribution >= 4 is 19.8 Å². The fourth-order valence-electron chi connectivity index (χ4n) is 6.37. The van der Waals surface area contributed by atoms with Crippen LogP contribution in [0.15, 0.2) is 0 Å². The highest BCUT2D eigenvalue weighted by Crippen LogP contribution is 2.43. The fraction of sp³-hybridized carbons (Fsp3) is 0.953. The molecule has 0 rings (SSSR count). The number of carbonyl (C=O) groups excluding carboxylic acids is 2. The largest absolute Gasteiger partial charge is 0.472 e. The van der Waals surface area contributed by atoms with Gasteiger partial charge in [-0.2, -0.15) is 0 Å². The van der Waals surface area contributed by atoms with Crippen LogP contribution in [-0.4, -0.2) is 74.9 Å². The number of ether oxygens (including phenoxy) is 2. The highest BCUT2D eigenvalue weighted by molar-refractivity contribution is 7.47. The van der Waals surface area contributed by atoms with E-state index in [0.717, 1.165) is 38.5 Å². The van der Waals surface area contributed by atoms with E-state index < -0.39 is 26.5 Å². The zero-order chi connectivity index (χ0) is 39.3. The first-order valence-electron chi connectivity index (χ1n) is 22.3. The lowest BCUT2D eigenvalue weighted by Crippen LogP contribution is -2.37. The van der Waals surface area contributed by atoms with E-state index in [1.54, 1.807) is 0 Å². The Morgan fingerprint density at radius 1 is 0.509 bits per heavy atom. The Labute approximate surface area is 327 Å². The van der Waals surface area contributed by atoms with Crippen molar-refractivity contribution in [2.45, 2.75) is 219 Å². The normalized spacial score (nSPS) is 13.5. The first kappa shape index (κ1) is 52.0. The molecular formula is C43H87NO8P+. The van der Waals surface area contributed by atoms with Crippen LogP contribution in [0, 0.1) is 0 Å². The van der Waals surface area contributed by atoms with E-state index in [0.29, 0.717) is 17.4 Å². The number of quaternary nitrogens is 1. The Balaban J connectivity index is 4.30. The zero-order valence-electron chi connectivity index (χ0n) is 35.5. The van der Waals surface area contributed by atoms with Crippen molar-refractivity contribution in [3.8, 4) is 0 Å². The number of hydrogen-bond acceptors (Lipinski definition) is 7. The number of carbonyl (C=O) groups is 2. The van der Waals surface area contributed by atoms with Crippen LogP contribution < -0.4 is 0 Å². The summed E-state index contributed by atoms with van der Waals surface area (Å²) in [5.41, 5.74) is 0. The monoisotopic (exact) mass is 777 g/mol. The van der Waals surface area contributed by atoms with E-state index in [4.69, 9.17) is 18.5 Å². The van der Waals surface area contributed by atoms with Gasteiger partial charge in [0.15, 0.2) is 6.10 Å². The van der Waals surface area contributed by atoms with Crippen LogP contribution in [0.1, 0.15) is 213 Å². The molecule has 0 aromatic carbocycles. The van der Waals surface area contributed by atoms with Crippen molar-refractivity contribution < 1.29 is 42.1 Å². The molecule has 10 heteroatoms. The summed E-state index contributed by atoms with van der Waals surface area (Å²) in [5, 5.41) is 0. The molecule has 0 spiro atoms. The fourth-order valence-corrected chi connectivity index (χ4v) is 7.11. The van der Waals surface area contributed by atoms with Gasteiger partial charge in [0, 0.05) is 12.8 Å². The summed E-state index contributed by atoms with van der Waals surface area (Å²) in [7, 11) is 1.49. The number of phosphoric acid groups is 1. The van der Waals surface area contributed by atoms with E-state index >= 15 is 0 Å². The summed E-state index contributed by atoms with van der Waals surface area (Å²) in [5.74, 6) is -0.784. The lowest BCUT2D eigenvalue weighted by molar-refractivity contribution is -0.870. The second-order valence-electron chi connectivity index (χ2n) is 16.5. The van der Waals surface area contributed by atoms with Crippen molar-refractivity contribution in [2.24, 2.45) is 0 Å². The number of esters is 2. The standard InChI is InChI=1S/C43H86NO8P/c1-6-8-10-12-14-16-18-20-21-22-24-25-27-29-31-33-35-42(45)49-39-41(40-51-53(47,48)50-38-37-44(3,4)5)52-43(46)36-34-32-30-28-26-23-19-17-15-13-11-9-7-2/h41H,6-40H2,1-5H3/p+1/t41-/m1/s1. The van der Waals surface area contributed by atoms with Crippen molar-refractivity contribution in [3.05, 3.63) is 0 Å². The Morgan fingerprint density at radius 3 is 1.21 bits per heavy atom. The minimum Gasteiger partial charge on any atom is -0.462 e. The van der Waals surface area contributed by atoms with Crippen LogP contribution in [0.3, 0.4) is 0 Å². The van der Waals surface area contributed by atoms with E-state index in [-0.39, 0.29) is 25.6 Å². The minimum atomic E-state index is -4.36. The number of likely N-dealkylation sites (N-methyl/N-ethyl adjacent to an activating group) is 1. The van der Waals surface area contributed by atoms with Gasteiger partial charge < -0.3 is 18.9 Å².